The van der Waals surface area contributed by atoms with Gasteiger partial charge in [-0.1, -0.05) is 34.1 Å². The third-order valence-electron chi connectivity index (χ3n) is 2.03. The molecule has 17 heavy (non-hydrogen) atoms. The standard InChI is InChI=1S/C12H12BrFO3/c13-10(6-11(14)7-15)8-17-12(16)9-4-2-1-3-5-9/h1-5,7,10-11H,6,8H2/t10-,11+/m1/s1. The Morgan fingerprint density at radius 2 is 2.06 bits per heavy atom. The Hall–Kier alpha value is -1.23. The van der Waals surface area contributed by atoms with Crippen molar-refractivity contribution in [2.24, 2.45) is 0 Å². The number of hydrogen-bond donors (Lipinski definition) is 0. The number of ether oxygens (including phenoxy) is 1. The molecule has 0 saturated carbocycles. The summed E-state index contributed by atoms with van der Waals surface area (Å²) in [7, 11) is 0. The van der Waals surface area contributed by atoms with Gasteiger partial charge in [-0.2, -0.15) is 0 Å². The van der Waals surface area contributed by atoms with Crippen molar-refractivity contribution in [1.82, 2.24) is 0 Å². The van der Waals surface area contributed by atoms with Gasteiger partial charge in [-0.15, -0.1) is 0 Å². The fraction of sp³-hybridized carbons (Fsp3) is 0.333. The van der Waals surface area contributed by atoms with Crippen molar-refractivity contribution in [2.45, 2.75) is 17.4 Å². The second-order valence-corrected chi connectivity index (χ2v) is 4.74. The Labute approximate surface area is 107 Å². The van der Waals surface area contributed by atoms with Crippen LogP contribution in [0, 0.1) is 0 Å². The molecule has 0 aliphatic heterocycles. The van der Waals surface area contributed by atoms with Crippen molar-refractivity contribution in [2.75, 3.05) is 6.61 Å². The van der Waals surface area contributed by atoms with E-state index in [0.717, 1.165) is 0 Å². The van der Waals surface area contributed by atoms with E-state index in [9.17, 15) is 14.0 Å². The Kier molecular flexibility index (Phi) is 5.83. The van der Waals surface area contributed by atoms with E-state index in [4.69, 9.17) is 4.74 Å². The monoisotopic (exact) mass is 302 g/mol. The third kappa shape index (κ3) is 5.08. The summed E-state index contributed by atoms with van der Waals surface area (Å²) < 4.78 is 17.7. The molecular weight excluding hydrogens is 291 g/mol. The summed E-state index contributed by atoms with van der Waals surface area (Å²) in [6, 6.07) is 8.52. The molecule has 0 heterocycles. The predicted octanol–water partition coefficient (Wildman–Crippen LogP) is 2.53. The lowest BCUT2D eigenvalue weighted by atomic mass is 10.2. The van der Waals surface area contributed by atoms with Crippen LogP contribution in [0.25, 0.3) is 0 Å². The predicted molar refractivity (Wildman–Crippen MR) is 65.0 cm³/mol. The van der Waals surface area contributed by atoms with E-state index >= 15 is 0 Å². The van der Waals surface area contributed by atoms with Crippen LogP contribution in [-0.2, 0) is 9.53 Å². The molecule has 1 aromatic rings. The summed E-state index contributed by atoms with van der Waals surface area (Å²) in [5.74, 6) is -0.462. The summed E-state index contributed by atoms with van der Waals surface area (Å²) in [6.45, 7) is 0.0297. The second-order valence-electron chi connectivity index (χ2n) is 3.45. The first kappa shape index (κ1) is 13.8. The van der Waals surface area contributed by atoms with Gasteiger partial charge in [0, 0.05) is 6.42 Å². The van der Waals surface area contributed by atoms with Crippen LogP contribution in [0.5, 0.6) is 0 Å². The van der Waals surface area contributed by atoms with Crippen molar-refractivity contribution >= 4 is 28.2 Å². The zero-order valence-corrected chi connectivity index (χ0v) is 10.6. The van der Waals surface area contributed by atoms with Crippen LogP contribution in [0.2, 0.25) is 0 Å². The highest BCUT2D eigenvalue weighted by Gasteiger charge is 2.15. The highest BCUT2D eigenvalue weighted by atomic mass is 79.9. The number of esters is 1. The molecule has 1 rings (SSSR count). The molecule has 2 atom stereocenters. The minimum Gasteiger partial charge on any atom is -0.461 e. The maximum absolute atomic E-state index is 12.7. The van der Waals surface area contributed by atoms with E-state index in [0.29, 0.717) is 5.56 Å². The van der Waals surface area contributed by atoms with Crippen LogP contribution < -0.4 is 0 Å². The first-order chi connectivity index (χ1) is 8.13. The van der Waals surface area contributed by atoms with Crippen molar-refractivity contribution in [1.29, 1.82) is 0 Å². The summed E-state index contributed by atoms with van der Waals surface area (Å²) in [4.78, 5) is 21.2. The van der Waals surface area contributed by atoms with Gasteiger partial charge in [0.1, 0.15) is 6.61 Å². The SMILES string of the molecule is O=C[C@@H](F)C[C@@H](Br)COC(=O)c1ccccc1. The van der Waals surface area contributed by atoms with E-state index in [-0.39, 0.29) is 24.1 Å². The minimum atomic E-state index is -1.53. The van der Waals surface area contributed by atoms with Crippen LogP contribution in [0.1, 0.15) is 16.8 Å². The third-order valence-corrected chi connectivity index (χ3v) is 2.67. The smallest absolute Gasteiger partial charge is 0.338 e. The van der Waals surface area contributed by atoms with Gasteiger partial charge in [-0.05, 0) is 12.1 Å². The molecule has 0 amide bonds. The first-order valence-electron chi connectivity index (χ1n) is 5.09. The van der Waals surface area contributed by atoms with Crippen molar-refractivity contribution < 1.29 is 18.7 Å². The average Bonchev–Trinajstić information content (AvgIpc) is 2.36. The van der Waals surface area contributed by atoms with E-state index in [1.165, 1.54) is 0 Å². The van der Waals surface area contributed by atoms with Gasteiger partial charge in [0.25, 0.3) is 0 Å². The van der Waals surface area contributed by atoms with Gasteiger partial charge < -0.3 is 9.53 Å². The fourth-order valence-corrected chi connectivity index (χ4v) is 1.68. The lowest BCUT2D eigenvalue weighted by Crippen LogP contribution is -2.18. The fourth-order valence-electron chi connectivity index (χ4n) is 1.19. The maximum Gasteiger partial charge on any atom is 0.338 e. The average molecular weight is 303 g/mol. The van der Waals surface area contributed by atoms with E-state index in [1.807, 2.05) is 0 Å². The summed E-state index contributed by atoms with van der Waals surface area (Å²) >= 11 is 3.14. The molecule has 0 bridgehead atoms. The molecular formula is C12H12BrFO3. The number of carbonyl (C=O) groups excluding carboxylic acids is 2. The van der Waals surface area contributed by atoms with Crippen molar-refractivity contribution in [3.63, 3.8) is 0 Å². The van der Waals surface area contributed by atoms with Crippen LogP contribution in [0.15, 0.2) is 30.3 Å². The molecule has 0 N–H and O–H groups in total. The Morgan fingerprint density at radius 1 is 1.41 bits per heavy atom. The molecule has 5 heteroatoms. The molecule has 92 valence electrons. The highest BCUT2D eigenvalue weighted by molar-refractivity contribution is 9.09. The molecule has 0 radical (unpaired) electrons. The minimum absolute atomic E-state index is 0.00836. The van der Waals surface area contributed by atoms with E-state index in [2.05, 4.69) is 15.9 Å². The van der Waals surface area contributed by atoms with Gasteiger partial charge in [0.05, 0.1) is 10.4 Å². The molecule has 0 aliphatic rings. The second kappa shape index (κ2) is 7.17. The van der Waals surface area contributed by atoms with Gasteiger partial charge in [-0.25, -0.2) is 9.18 Å². The molecule has 0 unspecified atom stereocenters. The molecule has 0 spiro atoms. The lowest BCUT2D eigenvalue weighted by molar-refractivity contribution is -0.112. The topological polar surface area (TPSA) is 43.4 Å². The molecule has 0 saturated heterocycles. The van der Waals surface area contributed by atoms with Crippen LogP contribution in [-0.4, -0.2) is 29.9 Å². The highest BCUT2D eigenvalue weighted by Crippen LogP contribution is 2.11. The van der Waals surface area contributed by atoms with Gasteiger partial charge in [0.2, 0.25) is 0 Å². The van der Waals surface area contributed by atoms with Gasteiger partial charge >= 0.3 is 5.97 Å². The van der Waals surface area contributed by atoms with Crippen LogP contribution in [0.3, 0.4) is 0 Å². The van der Waals surface area contributed by atoms with Crippen molar-refractivity contribution in [3.8, 4) is 0 Å². The number of carbonyl (C=O) groups is 2. The number of rotatable bonds is 6. The molecule has 0 aliphatic carbocycles. The Balaban J connectivity index is 2.36. The van der Waals surface area contributed by atoms with Gasteiger partial charge in [-0.3, -0.25) is 0 Å². The van der Waals surface area contributed by atoms with E-state index < -0.39 is 12.1 Å². The maximum atomic E-state index is 12.7. The number of benzene rings is 1. The van der Waals surface area contributed by atoms with E-state index in [1.54, 1.807) is 30.3 Å². The molecule has 0 aromatic heterocycles. The summed E-state index contributed by atoms with van der Waals surface area (Å²) in [5.41, 5.74) is 0.444. The molecule has 1 aromatic carbocycles. The molecule has 3 nitrogen and oxygen atoms in total. The van der Waals surface area contributed by atoms with Crippen LogP contribution in [0.4, 0.5) is 4.39 Å². The quantitative estimate of drug-likeness (QED) is 0.461. The zero-order chi connectivity index (χ0) is 12.7. The number of aldehydes is 1. The Bertz CT molecular complexity index is 369. The summed E-state index contributed by atoms with van der Waals surface area (Å²) in [6.07, 6.45) is -1.31. The normalized spacial score (nSPS) is 13.8. The molecule has 0 fully saturated rings. The van der Waals surface area contributed by atoms with Gasteiger partial charge in [0.15, 0.2) is 12.5 Å². The zero-order valence-electron chi connectivity index (χ0n) is 9.01. The summed E-state index contributed by atoms with van der Waals surface area (Å²) in [5, 5.41) is 0. The number of hydrogen-bond acceptors (Lipinski definition) is 3. The Morgan fingerprint density at radius 3 is 2.65 bits per heavy atom. The van der Waals surface area contributed by atoms with Crippen molar-refractivity contribution in [3.05, 3.63) is 35.9 Å². The first-order valence-corrected chi connectivity index (χ1v) is 6.00. The number of alkyl halides is 2. The lowest BCUT2D eigenvalue weighted by Gasteiger charge is -2.10. The van der Waals surface area contributed by atoms with Crippen LogP contribution >= 0.6 is 15.9 Å². The number of halogens is 2. The largest absolute Gasteiger partial charge is 0.461 e.